The number of aliphatic hydroxyl groups is 1. The van der Waals surface area contributed by atoms with Crippen LogP contribution in [0.2, 0.25) is 0 Å². The molecule has 0 saturated carbocycles. The van der Waals surface area contributed by atoms with Crippen molar-refractivity contribution in [3.05, 3.63) is 35.9 Å². The molecule has 0 aliphatic carbocycles. The van der Waals surface area contributed by atoms with Gasteiger partial charge in [0.25, 0.3) is 0 Å². The van der Waals surface area contributed by atoms with Gasteiger partial charge in [0, 0.05) is 25.0 Å². The number of hydrogen-bond donors (Lipinski definition) is 1. The van der Waals surface area contributed by atoms with Crippen LogP contribution in [0.5, 0.6) is 0 Å². The molecule has 1 aromatic carbocycles. The molecule has 0 amide bonds. The van der Waals surface area contributed by atoms with E-state index in [1.807, 2.05) is 30.3 Å². The van der Waals surface area contributed by atoms with E-state index in [9.17, 15) is 5.11 Å². The fourth-order valence-corrected chi connectivity index (χ4v) is 1.44. The van der Waals surface area contributed by atoms with Crippen molar-refractivity contribution in [2.45, 2.75) is 25.5 Å². The molecule has 14 heavy (non-hydrogen) atoms. The van der Waals surface area contributed by atoms with E-state index in [1.54, 1.807) is 0 Å². The maximum absolute atomic E-state index is 9.56. The van der Waals surface area contributed by atoms with Gasteiger partial charge in [-0.05, 0) is 18.4 Å². The summed E-state index contributed by atoms with van der Waals surface area (Å²) in [6.45, 7) is -3.47. The van der Waals surface area contributed by atoms with Gasteiger partial charge in [-0.25, -0.2) is 0 Å². The van der Waals surface area contributed by atoms with Gasteiger partial charge in [0.1, 0.15) is 0 Å². The van der Waals surface area contributed by atoms with Crippen LogP contribution < -0.4 is 0 Å². The molecule has 2 nitrogen and oxygen atoms in total. The minimum atomic E-state index is -1.84. The van der Waals surface area contributed by atoms with Crippen molar-refractivity contribution in [1.82, 2.24) is 4.90 Å². The predicted octanol–water partition coefficient (Wildman–Crippen LogP) is 1.64. The monoisotopic (exact) mass is 195 g/mol. The second-order valence-electron chi connectivity index (χ2n) is 3.45. The lowest BCUT2D eigenvalue weighted by molar-refractivity contribution is 0.0792. The fraction of sp³-hybridized carbons (Fsp3) is 0.500. The molecule has 0 bridgehead atoms. The normalized spacial score (nSPS) is 31.2. The van der Waals surface area contributed by atoms with E-state index in [-0.39, 0.29) is 19.4 Å². The number of rotatable bonds is 2. The largest absolute Gasteiger partial charge is 0.393 e. The van der Waals surface area contributed by atoms with Gasteiger partial charge in [-0.2, -0.15) is 0 Å². The second-order valence-corrected chi connectivity index (χ2v) is 3.45. The molecule has 0 atom stereocenters. The highest BCUT2D eigenvalue weighted by Crippen LogP contribution is 2.13. The Morgan fingerprint density at radius 1 is 1.29 bits per heavy atom. The summed E-state index contributed by atoms with van der Waals surface area (Å²) in [5.41, 5.74) is 0.863. The molecule has 1 heterocycles. The smallest absolute Gasteiger partial charge is 0.0564 e. The van der Waals surface area contributed by atoms with Crippen molar-refractivity contribution in [3.63, 3.8) is 0 Å². The molecule has 2 rings (SSSR count). The van der Waals surface area contributed by atoms with Crippen LogP contribution in [-0.2, 0) is 6.54 Å². The predicted molar refractivity (Wildman–Crippen MR) is 57.0 cm³/mol. The summed E-state index contributed by atoms with van der Waals surface area (Å²) in [6, 6.07) is 9.25. The number of piperidine rings is 1. The lowest BCUT2D eigenvalue weighted by Crippen LogP contribution is -2.35. The third kappa shape index (κ3) is 2.56. The summed E-state index contributed by atoms with van der Waals surface area (Å²) < 4.78 is 31.6. The molecule has 0 radical (unpaired) electrons. The number of likely N-dealkylation sites (tertiary alicyclic amines) is 1. The van der Waals surface area contributed by atoms with Crippen LogP contribution >= 0.6 is 0 Å². The van der Waals surface area contributed by atoms with Gasteiger partial charge in [-0.15, -0.1) is 0 Å². The molecule has 1 aliphatic heterocycles. The van der Waals surface area contributed by atoms with Gasteiger partial charge in [0.15, 0.2) is 0 Å². The number of nitrogens with zero attached hydrogens (tertiary/aromatic N) is 1. The highest BCUT2D eigenvalue weighted by Gasteiger charge is 2.16. The molecule has 0 spiro atoms. The van der Waals surface area contributed by atoms with E-state index >= 15 is 0 Å². The van der Waals surface area contributed by atoms with E-state index in [2.05, 4.69) is 0 Å². The Morgan fingerprint density at radius 2 is 1.93 bits per heavy atom. The van der Waals surface area contributed by atoms with Crippen molar-refractivity contribution in [3.8, 4) is 0 Å². The summed E-state index contributed by atoms with van der Waals surface area (Å²) in [5, 5.41) is 9.56. The molecule has 76 valence electrons. The summed E-state index contributed by atoms with van der Waals surface area (Å²) in [7, 11) is 0. The maximum Gasteiger partial charge on any atom is 0.0564 e. The van der Waals surface area contributed by atoms with Gasteiger partial charge < -0.3 is 5.11 Å². The Hall–Kier alpha value is -0.860. The molecule has 1 fully saturated rings. The van der Waals surface area contributed by atoms with Crippen LogP contribution in [0.4, 0.5) is 0 Å². The Labute approximate surface area is 90.8 Å². The molecular formula is C12H17NO. The van der Waals surface area contributed by atoms with Gasteiger partial charge >= 0.3 is 0 Å². The number of benzene rings is 1. The number of aliphatic hydroxyl groups excluding tert-OH is 1. The molecule has 0 unspecified atom stereocenters. The van der Waals surface area contributed by atoms with Crippen molar-refractivity contribution < 1.29 is 10.6 Å². The van der Waals surface area contributed by atoms with Crippen LogP contribution in [0.25, 0.3) is 0 Å². The average Bonchev–Trinajstić information content (AvgIpc) is 2.23. The van der Waals surface area contributed by atoms with Crippen LogP contribution in [0.1, 0.15) is 23.9 Å². The van der Waals surface area contributed by atoms with E-state index in [0.717, 1.165) is 5.56 Å². The van der Waals surface area contributed by atoms with E-state index in [0.29, 0.717) is 0 Å². The first-order chi connectivity index (χ1) is 8.31. The van der Waals surface area contributed by atoms with Crippen molar-refractivity contribution >= 4 is 0 Å². The maximum atomic E-state index is 9.56. The third-order valence-corrected chi connectivity index (χ3v) is 2.22. The summed E-state index contributed by atoms with van der Waals surface area (Å²) >= 11 is 0. The Bertz CT molecular complexity index is 392. The van der Waals surface area contributed by atoms with Crippen LogP contribution in [0, 0.1) is 0 Å². The highest BCUT2D eigenvalue weighted by molar-refractivity contribution is 5.14. The average molecular weight is 195 g/mol. The molecule has 1 aromatic rings. The fourth-order valence-electron chi connectivity index (χ4n) is 1.44. The van der Waals surface area contributed by atoms with Crippen molar-refractivity contribution in [2.75, 3.05) is 13.0 Å². The zero-order chi connectivity index (χ0) is 13.4. The lowest BCUT2D eigenvalue weighted by Gasteiger charge is -2.29. The van der Waals surface area contributed by atoms with Crippen molar-refractivity contribution in [2.24, 2.45) is 0 Å². The molecule has 1 aliphatic rings. The summed E-state index contributed by atoms with van der Waals surface area (Å²) in [4.78, 5) is 1.20. The first-order valence-corrected chi connectivity index (χ1v) is 4.81. The number of hydrogen-bond acceptors (Lipinski definition) is 2. The quantitative estimate of drug-likeness (QED) is 0.775. The highest BCUT2D eigenvalue weighted by atomic mass is 16.3. The third-order valence-electron chi connectivity index (χ3n) is 2.22. The molecular weight excluding hydrogens is 174 g/mol. The Kier molecular flexibility index (Phi) is 1.92. The van der Waals surface area contributed by atoms with E-state index in [1.165, 1.54) is 4.90 Å². The topological polar surface area (TPSA) is 23.5 Å². The summed E-state index contributed by atoms with van der Waals surface area (Å²) in [5.74, 6) is 0. The molecule has 2 heteroatoms. The van der Waals surface area contributed by atoms with Crippen LogP contribution in [-0.4, -0.2) is 29.1 Å². The summed E-state index contributed by atoms with van der Waals surface area (Å²) in [6.07, 6.45) is -1.04. The first kappa shape index (κ1) is 5.89. The van der Waals surface area contributed by atoms with Crippen LogP contribution in [0.15, 0.2) is 30.3 Å². The van der Waals surface area contributed by atoms with Gasteiger partial charge in [-0.1, -0.05) is 30.3 Å². The molecule has 0 aromatic heterocycles. The van der Waals surface area contributed by atoms with E-state index < -0.39 is 19.1 Å². The van der Waals surface area contributed by atoms with E-state index in [4.69, 9.17) is 5.48 Å². The Balaban J connectivity index is 2.23. The zero-order valence-electron chi connectivity index (χ0n) is 12.0. The molecule has 1 N–H and O–H groups in total. The lowest BCUT2D eigenvalue weighted by atomic mass is 10.1. The van der Waals surface area contributed by atoms with Crippen molar-refractivity contribution in [1.29, 1.82) is 0 Å². The minimum absolute atomic E-state index is 0.0562. The minimum Gasteiger partial charge on any atom is -0.393 e. The standard InChI is InChI=1S/C12H17NO/c14-12-6-8-13(9-7-12)10-11-4-2-1-3-5-11/h1-5,12,14H,6-10H2/i8D2,9D2. The Morgan fingerprint density at radius 3 is 2.57 bits per heavy atom. The van der Waals surface area contributed by atoms with Gasteiger partial charge in [0.05, 0.1) is 6.10 Å². The van der Waals surface area contributed by atoms with Crippen LogP contribution in [0.3, 0.4) is 0 Å². The molecule has 1 saturated heterocycles. The zero-order valence-corrected chi connectivity index (χ0v) is 7.98. The van der Waals surface area contributed by atoms with Gasteiger partial charge in [-0.3, -0.25) is 4.90 Å². The van der Waals surface area contributed by atoms with Gasteiger partial charge in [0.2, 0.25) is 0 Å². The second kappa shape index (κ2) is 4.58. The first-order valence-electron chi connectivity index (χ1n) is 6.81. The SMILES string of the molecule is [2H]C1([2H])CC(O)CC([2H])([2H])N1Cc1ccccc1.